The fourth-order valence-corrected chi connectivity index (χ4v) is 3.37. The largest absolute Gasteiger partial charge is 0.465 e. The monoisotopic (exact) mass is 353 g/mol. The second-order valence-electron chi connectivity index (χ2n) is 6.00. The van der Waals surface area contributed by atoms with Crippen molar-refractivity contribution in [3.63, 3.8) is 0 Å². The van der Waals surface area contributed by atoms with Crippen molar-refractivity contribution in [2.24, 2.45) is 0 Å². The first kappa shape index (κ1) is 17.3. The van der Waals surface area contributed by atoms with Crippen molar-refractivity contribution >= 4 is 6.09 Å². The number of nitrogens with zero attached hydrogens (tertiary/aromatic N) is 3. The Balaban J connectivity index is 1.89. The first-order chi connectivity index (χ1) is 11.9. The van der Waals surface area contributed by atoms with Gasteiger partial charge in [-0.1, -0.05) is 6.92 Å². The summed E-state index contributed by atoms with van der Waals surface area (Å²) in [5, 5.41) is 9.44. The third-order valence-electron chi connectivity index (χ3n) is 4.57. The Labute approximate surface area is 142 Å². The molecule has 0 bridgehead atoms. The van der Waals surface area contributed by atoms with Gasteiger partial charge in [-0.3, -0.25) is 4.90 Å². The maximum atomic E-state index is 13.9. The van der Waals surface area contributed by atoms with E-state index in [2.05, 4.69) is 4.98 Å². The van der Waals surface area contributed by atoms with Gasteiger partial charge in [-0.05, 0) is 24.5 Å². The van der Waals surface area contributed by atoms with Gasteiger partial charge in [0.2, 0.25) is 0 Å². The Hall–Kier alpha value is -2.51. The fraction of sp³-hybridized carbons (Fsp3) is 0.412. The molecular weight excluding hydrogens is 335 g/mol. The van der Waals surface area contributed by atoms with Gasteiger partial charge in [-0.25, -0.2) is 22.9 Å². The van der Waals surface area contributed by atoms with Crippen molar-refractivity contribution in [2.75, 3.05) is 6.54 Å². The number of amides is 1. The van der Waals surface area contributed by atoms with Gasteiger partial charge in [0, 0.05) is 25.6 Å². The van der Waals surface area contributed by atoms with Gasteiger partial charge in [0.1, 0.15) is 11.6 Å². The van der Waals surface area contributed by atoms with Crippen LogP contribution in [0.1, 0.15) is 36.5 Å². The quantitative estimate of drug-likeness (QED) is 0.856. The molecule has 1 aliphatic rings. The molecule has 25 heavy (non-hydrogen) atoms. The molecule has 2 heterocycles. The molecule has 8 heteroatoms. The number of benzene rings is 1. The van der Waals surface area contributed by atoms with Gasteiger partial charge in [-0.2, -0.15) is 0 Å². The zero-order valence-electron chi connectivity index (χ0n) is 13.7. The van der Waals surface area contributed by atoms with E-state index in [-0.39, 0.29) is 24.9 Å². The maximum absolute atomic E-state index is 13.9. The minimum Gasteiger partial charge on any atom is -0.465 e. The predicted molar refractivity (Wildman–Crippen MR) is 83.7 cm³/mol. The van der Waals surface area contributed by atoms with Gasteiger partial charge < -0.3 is 9.67 Å². The molecule has 0 saturated heterocycles. The van der Waals surface area contributed by atoms with E-state index in [4.69, 9.17) is 0 Å². The average molecular weight is 353 g/mol. The molecule has 1 aromatic heterocycles. The highest BCUT2D eigenvalue weighted by molar-refractivity contribution is 5.66. The summed E-state index contributed by atoms with van der Waals surface area (Å²) in [6.07, 6.45) is 1.48. The molecule has 1 atom stereocenters. The van der Waals surface area contributed by atoms with E-state index in [9.17, 15) is 23.1 Å². The van der Waals surface area contributed by atoms with E-state index in [1.165, 1.54) is 4.90 Å². The van der Waals surface area contributed by atoms with Crippen LogP contribution in [0.15, 0.2) is 18.3 Å². The number of fused-ring (bicyclic) bond motifs is 1. The van der Waals surface area contributed by atoms with Crippen molar-refractivity contribution in [1.29, 1.82) is 0 Å². The van der Waals surface area contributed by atoms with Crippen LogP contribution in [0.3, 0.4) is 0 Å². The molecule has 1 aliphatic heterocycles. The summed E-state index contributed by atoms with van der Waals surface area (Å²) in [7, 11) is 0. The third-order valence-corrected chi connectivity index (χ3v) is 4.57. The Morgan fingerprint density at radius 1 is 1.32 bits per heavy atom. The maximum Gasteiger partial charge on any atom is 0.407 e. The Bertz CT molecular complexity index is 807. The van der Waals surface area contributed by atoms with Gasteiger partial charge >= 0.3 is 6.09 Å². The summed E-state index contributed by atoms with van der Waals surface area (Å²) in [6.45, 7) is 2.75. The van der Waals surface area contributed by atoms with E-state index in [0.717, 1.165) is 17.6 Å². The summed E-state index contributed by atoms with van der Waals surface area (Å²) in [5.74, 6) is -2.34. The second kappa shape index (κ2) is 6.78. The highest BCUT2D eigenvalue weighted by Gasteiger charge is 2.32. The van der Waals surface area contributed by atoms with Crippen molar-refractivity contribution < 1.29 is 23.1 Å². The van der Waals surface area contributed by atoms with Crippen molar-refractivity contribution in [2.45, 2.75) is 38.8 Å². The van der Waals surface area contributed by atoms with Crippen molar-refractivity contribution in [1.82, 2.24) is 14.5 Å². The minimum absolute atomic E-state index is 0.0155. The van der Waals surface area contributed by atoms with Crippen LogP contribution in [-0.4, -0.2) is 32.2 Å². The van der Waals surface area contributed by atoms with Crippen LogP contribution in [0.4, 0.5) is 18.0 Å². The van der Waals surface area contributed by atoms with Gasteiger partial charge in [0.05, 0.1) is 17.9 Å². The zero-order valence-corrected chi connectivity index (χ0v) is 13.7. The molecule has 1 unspecified atom stereocenters. The van der Waals surface area contributed by atoms with Crippen LogP contribution < -0.4 is 0 Å². The number of aromatic nitrogens is 2. The van der Waals surface area contributed by atoms with Gasteiger partial charge in [0.15, 0.2) is 11.6 Å². The van der Waals surface area contributed by atoms with Crippen molar-refractivity contribution in [3.8, 4) is 0 Å². The second-order valence-corrected chi connectivity index (χ2v) is 6.00. The number of rotatable bonds is 4. The van der Waals surface area contributed by atoms with Crippen LogP contribution in [0.2, 0.25) is 0 Å². The summed E-state index contributed by atoms with van der Waals surface area (Å²) in [5.41, 5.74) is 0.623. The first-order valence-corrected chi connectivity index (χ1v) is 8.09. The molecule has 0 spiro atoms. The van der Waals surface area contributed by atoms with Crippen LogP contribution >= 0.6 is 0 Å². The molecule has 0 radical (unpaired) electrons. The lowest BCUT2D eigenvalue weighted by molar-refractivity contribution is 0.106. The zero-order chi connectivity index (χ0) is 18.1. The molecule has 1 N–H and O–H groups in total. The average Bonchev–Trinajstić information content (AvgIpc) is 2.99. The van der Waals surface area contributed by atoms with Crippen LogP contribution in [0.25, 0.3) is 0 Å². The molecule has 5 nitrogen and oxygen atoms in total. The van der Waals surface area contributed by atoms with E-state index < -0.39 is 29.6 Å². The summed E-state index contributed by atoms with van der Waals surface area (Å²) in [6, 6.07) is 0.900. The minimum atomic E-state index is -1.24. The lowest BCUT2D eigenvalue weighted by atomic mass is 10.00. The molecule has 0 aliphatic carbocycles. The van der Waals surface area contributed by atoms with E-state index in [1.807, 2.05) is 11.5 Å². The van der Waals surface area contributed by atoms with Gasteiger partial charge in [0.25, 0.3) is 0 Å². The number of imidazole rings is 1. The van der Waals surface area contributed by atoms with Crippen LogP contribution in [0.5, 0.6) is 0 Å². The van der Waals surface area contributed by atoms with Crippen LogP contribution in [0, 0.1) is 17.5 Å². The van der Waals surface area contributed by atoms with Crippen molar-refractivity contribution in [3.05, 3.63) is 52.9 Å². The normalized spacial score (nSPS) is 16.8. The smallest absolute Gasteiger partial charge is 0.407 e. The lowest BCUT2D eigenvalue weighted by Gasteiger charge is -2.35. The number of aryl methyl sites for hydroxylation is 2. The summed E-state index contributed by atoms with van der Waals surface area (Å²) >= 11 is 0. The summed E-state index contributed by atoms with van der Waals surface area (Å²) in [4.78, 5) is 17.1. The van der Waals surface area contributed by atoms with E-state index in [0.29, 0.717) is 19.0 Å². The molecular formula is C17H18F3N3O2. The SMILES string of the molecule is CCc1ncc2n1CCN(C(=O)O)C2CCc1cc(F)cc(F)c1F. The first-order valence-electron chi connectivity index (χ1n) is 8.09. The van der Waals surface area contributed by atoms with E-state index >= 15 is 0 Å². The standard InChI is InChI=1S/C17H18F3N3O2/c1-2-15-21-9-14-13(23(17(24)25)6-5-22(14)15)4-3-10-7-11(18)8-12(19)16(10)20/h7-9,13H,2-6H2,1H3,(H,24,25). The van der Waals surface area contributed by atoms with Gasteiger partial charge in [-0.15, -0.1) is 0 Å². The highest BCUT2D eigenvalue weighted by atomic mass is 19.2. The molecule has 3 rings (SSSR count). The molecule has 2 aromatic rings. The highest BCUT2D eigenvalue weighted by Crippen LogP contribution is 2.31. The number of hydrogen-bond acceptors (Lipinski definition) is 2. The Kier molecular flexibility index (Phi) is 4.69. The third kappa shape index (κ3) is 3.20. The predicted octanol–water partition coefficient (Wildman–Crippen LogP) is 3.53. The topological polar surface area (TPSA) is 58.4 Å². The molecule has 0 saturated carbocycles. The van der Waals surface area contributed by atoms with E-state index in [1.54, 1.807) is 6.20 Å². The number of halogens is 3. The number of carbonyl (C=O) groups is 1. The molecule has 1 aromatic carbocycles. The molecule has 134 valence electrons. The number of hydrogen-bond donors (Lipinski definition) is 1. The molecule has 0 fully saturated rings. The number of carboxylic acid groups (broad SMARTS) is 1. The lowest BCUT2D eigenvalue weighted by Crippen LogP contribution is -2.41. The summed E-state index contributed by atoms with van der Waals surface area (Å²) < 4.78 is 42.5. The van der Waals surface area contributed by atoms with Crippen LogP contribution in [-0.2, 0) is 19.4 Å². The molecule has 1 amide bonds. The Morgan fingerprint density at radius 3 is 2.76 bits per heavy atom. The Morgan fingerprint density at radius 2 is 2.08 bits per heavy atom. The fourth-order valence-electron chi connectivity index (χ4n) is 3.37.